The molecule has 0 radical (unpaired) electrons. The van der Waals surface area contributed by atoms with Gasteiger partial charge < -0.3 is 15.1 Å². The fourth-order valence-corrected chi connectivity index (χ4v) is 3.92. The predicted octanol–water partition coefficient (Wildman–Crippen LogP) is 3.98. The molecule has 39 heavy (non-hydrogen) atoms. The van der Waals surface area contributed by atoms with Crippen molar-refractivity contribution in [1.29, 1.82) is 0 Å². The third kappa shape index (κ3) is 6.74. The number of anilines is 2. The smallest absolute Gasteiger partial charge is 0.332 e. The van der Waals surface area contributed by atoms with Gasteiger partial charge in [-0.2, -0.15) is 0 Å². The molecule has 2 N–H and O–H groups in total. The first-order valence-corrected chi connectivity index (χ1v) is 12.4. The first-order chi connectivity index (χ1) is 18.7. The Morgan fingerprint density at radius 3 is 2.38 bits per heavy atom. The van der Waals surface area contributed by atoms with E-state index in [1.165, 1.54) is 13.3 Å². The summed E-state index contributed by atoms with van der Waals surface area (Å²) in [6.07, 6.45) is 2.04. The Bertz CT molecular complexity index is 1670. The van der Waals surface area contributed by atoms with Crippen LogP contribution in [0.25, 0.3) is 0 Å². The van der Waals surface area contributed by atoms with Gasteiger partial charge in [0, 0.05) is 24.7 Å². The van der Waals surface area contributed by atoms with E-state index in [4.69, 9.17) is 16.0 Å². The van der Waals surface area contributed by atoms with Gasteiger partial charge in [-0.1, -0.05) is 53.3 Å². The molecule has 0 fully saturated rings. The van der Waals surface area contributed by atoms with E-state index in [0.717, 1.165) is 20.3 Å². The molecule has 9 nitrogen and oxygen atoms in total. The Hall–Kier alpha value is -4.81. The number of halogens is 1. The van der Waals surface area contributed by atoms with Crippen molar-refractivity contribution in [3.05, 3.63) is 115 Å². The van der Waals surface area contributed by atoms with Crippen molar-refractivity contribution in [2.24, 2.45) is 7.05 Å². The number of nitrogens with zero attached hydrogens (tertiary/aromatic N) is 2. The Morgan fingerprint density at radius 1 is 1.00 bits per heavy atom. The molecule has 0 unspecified atom stereocenters. The highest BCUT2D eigenvalue weighted by Gasteiger charge is 2.18. The zero-order valence-corrected chi connectivity index (χ0v) is 22.0. The summed E-state index contributed by atoms with van der Waals surface area (Å²) in [5.41, 5.74) is 1.76. The van der Waals surface area contributed by atoms with Crippen molar-refractivity contribution in [2.75, 3.05) is 10.6 Å². The molecule has 0 bridgehead atoms. The van der Waals surface area contributed by atoms with Gasteiger partial charge in [-0.25, -0.2) is 4.79 Å². The summed E-state index contributed by atoms with van der Waals surface area (Å²) in [6, 6.07) is 17.8. The molecule has 2 aromatic carbocycles. The zero-order valence-electron chi connectivity index (χ0n) is 21.3. The van der Waals surface area contributed by atoms with E-state index in [1.54, 1.807) is 36.4 Å². The first-order valence-electron chi connectivity index (χ1n) is 12.0. The van der Waals surface area contributed by atoms with Gasteiger partial charge in [0.25, 0.3) is 11.5 Å². The molecule has 2 heterocycles. The maximum absolute atomic E-state index is 12.7. The molecule has 4 rings (SSSR count). The maximum Gasteiger partial charge on any atom is 0.332 e. The number of carbonyl (C=O) groups is 2. The highest BCUT2D eigenvalue weighted by atomic mass is 35.5. The molecule has 198 valence electrons. The number of benzene rings is 2. The van der Waals surface area contributed by atoms with Crippen LogP contribution in [0.15, 0.2) is 80.9 Å². The van der Waals surface area contributed by atoms with E-state index in [2.05, 4.69) is 22.5 Å². The molecule has 4 aromatic rings. The SMILES string of the molecule is Cc1ccc(CCC(=O)Nc2c(Cl)n(CC#Cc3ccc(NC(=O)c4ccco4)cc3)c(=O)n(C)c2=O)cc1. The number of furan rings is 1. The van der Waals surface area contributed by atoms with Crippen LogP contribution in [-0.4, -0.2) is 20.9 Å². The number of hydrogen-bond acceptors (Lipinski definition) is 5. The number of nitrogens with one attached hydrogen (secondary N) is 2. The van der Waals surface area contributed by atoms with Crippen LogP contribution in [0.1, 0.15) is 33.7 Å². The van der Waals surface area contributed by atoms with Gasteiger partial charge in [0.05, 0.1) is 12.8 Å². The molecular formula is C29H25ClN4O5. The quantitative estimate of drug-likeness (QED) is 0.270. The Morgan fingerprint density at radius 2 is 1.72 bits per heavy atom. The number of amides is 2. The standard InChI is InChI=1S/C29H25ClN4O5/c1-19-7-9-21(10-8-19)13-16-24(35)32-25-26(30)34(29(38)33(2)28(25)37)17-3-5-20-11-14-22(15-12-20)31-27(36)23-6-4-18-39-23/h4,6-12,14-15,18H,13,16-17H2,1-2H3,(H,31,36)(H,32,35). The second-order valence-corrected chi connectivity index (χ2v) is 9.10. The monoisotopic (exact) mass is 544 g/mol. The Labute approximate surface area is 229 Å². The summed E-state index contributed by atoms with van der Waals surface area (Å²) in [5, 5.41) is 5.07. The molecule has 0 saturated carbocycles. The third-order valence-electron chi connectivity index (χ3n) is 5.86. The number of hydrogen-bond donors (Lipinski definition) is 2. The lowest BCUT2D eigenvalue weighted by molar-refractivity contribution is -0.116. The van der Waals surface area contributed by atoms with E-state index < -0.39 is 17.2 Å². The summed E-state index contributed by atoms with van der Waals surface area (Å²) < 4.78 is 7.06. The van der Waals surface area contributed by atoms with E-state index in [0.29, 0.717) is 17.7 Å². The van der Waals surface area contributed by atoms with Gasteiger partial charge in [-0.05, 0) is 55.3 Å². The molecule has 0 aliphatic rings. The van der Waals surface area contributed by atoms with E-state index in [-0.39, 0.29) is 35.5 Å². The summed E-state index contributed by atoms with van der Waals surface area (Å²) in [5.74, 6) is 5.20. The number of aryl methyl sites for hydroxylation is 2. The van der Waals surface area contributed by atoms with Crippen LogP contribution in [0.3, 0.4) is 0 Å². The van der Waals surface area contributed by atoms with Crippen molar-refractivity contribution in [3.63, 3.8) is 0 Å². The second kappa shape index (κ2) is 12.2. The zero-order chi connectivity index (χ0) is 27.9. The molecule has 0 aliphatic carbocycles. The minimum absolute atomic E-state index is 0.116. The minimum atomic E-state index is -0.704. The largest absolute Gasteiger partial charge is 0.459 e. The molecule has 0 aliphatic heterocycles. The topological polar surface area (TPSA) is 115 Å². The van der Waals surface area contributed by atoms with Gasteiger partial charge in [-0.3, -0.25) is 23.5 Å². The number of carbonyl (C=O) groups excluding carboxylic acids is 2. The Balaban J connectivity index is 1.44. The van der Waals surface area contributed by atoms with Crippen molar-refractivity contribution in [3.8, 4) is 11.8 Å². The Kier molecular flexibility index (Phi) is 8.49. The van der Waals surface area contributed by atoms with Crippen LogP contribution in [-0.2, 0) is 24.8 Å². The molecular weight excluding hydrogens is 520 g/mol. The number of rotatable bonds is 7. The lowest BCUT2D eigenvalue weighted by Crippen LogP contribution is -2.40. The average molecular weight is 545 g/mol. The van der Waals surface area contributed by atoms with Crippen LogP contribution in [0.2, 0.25) is 5.15 Å². The van der Waals surface area contributed by atoms with Crippen molar-refractivity contribution < 1.29 is 14.0 Å². The third-order valence-corrected chi connectivity index (χ3v) is 6.26. The maximum atomic E-state index is 12.7. The lowest BCUT2D eigenvalue weighted by atomic mass is 10.1. The normalized spacial score (nSPS) is 10.4. The van der Waals surface area contributed by atoms with Gasteiger partial charge in [-0.15, -0.1) is 0 Å². The lowest BCUT2D eigenvalue weighted by Gasteiger charge is -2.13. The molecule has 0 spiro atoms. The number of aromatic nitrogens is 2. The van der Waals surface area contributed by atoms with Crippen LogP contribution < -0.4 is 21.9 Å². The van der Waals surface area contributed by atoms with Gasteiger partial charge in [0.15, 0.2) is 5.76 Å². The highest BCUT2D eigenvalue weighted by Crippen LogP contribution is 2.16. The fourth-order valence-electron chi connectivity index (χ4n) is 3.66. The van der Waals surface area contributed by atoms with Crippen LogP contribution in [0.5, 0.6) is 0 Å². The summed E-state index contributed by atoms with van der Waals surface area (Å²) in [4.78, 5) is 50.0. The van der Waals surface area contributed by atoms with Crippen LogP contribution in [0.4, 0.5) is 11.4 Å². The predicted molar refractivity (Wildman–Crippen MR) is 149 cm³/mol. The van der Waals surface area contributed by atoms with E-state index in [9.17, 15) is 19.2 Å². The van der Waals surface area contributed by atoms with Crippen molar-refractivity contribution in [2.45, 2.75) is 26.3 Å². The summed E-state index contributed by atoms with van der Waals surface area (Å²) >= 11 is 6.38. The molecule has 2 aromatic heterocycles. The summed E-state index contributed by atoms with van der Waals surface area (Å²) in [7, 11) is 1.31. The average Bonchev–Trinajstić information content (AvgIpc) is 3.48. The molecule has 2 amide bonds. The van der Waals surface area contributed by atoms with Gasteiger partial charge >= 0.3 is 5.69 Å². The minimum Gasteiger partial charge on any atom is -0.459 e. The van der Waals surface area contributed by atoms with Crippen molar-refractivity contribution in [1.82, 2.24) is 9.13 Å². The van der Waals surface area contributed by atoms with Crippen LogP contribution >= 0.6 is 11.6 Å². The van der Waals surface area contributed by atoms with Gasteiger partial charge in [0.2, 0.25) is 5.91 Å². The fraction of sp³-hybridized carbons (Fsp3) is 0.172. The van der Waals surface area contributed by atoms with E-state index in [1.807, 2.05) is 31.2 Å². The van der Waals surface area contributed by atoms with E-state index >= 15 is 0 Å². The molecule has 10 heteroatoms. The highest BCUT2D eigenvalue weighted by molar-refractivity contribution is 6.32. The van der Waals surface area contributed by atoms with Gasteiger partial charge in [0.1, 0.15) is 10.8 Å². The molecule has 0 saturated heterocycles. The summed E-state index contributed by atoms with van der Waals surface area (Å²) in [6.45, 7) is 1.87. The second-order valence-electron chi connectivity index (χ2n) is 8.74. The van der Waals surface area contributed by atoms with Crippen LogP contribution in [0, 0.1) is 18.8 Å². The van der Waals surface area contributed by atoms with Crippen molar-refractivity contribution >= 4 is 34.8 Å². The molecule has 0 atom stereocenters. The first kappa shape index (κ1) is 27.2.